The van der Waals surface area contributed by atoms with Crippen molar-refractivity contribution in [2.75, 3.05) is 6.54 Å². The van der Waals surface area contributed by atoms with Gasteiger partial charge in [0, 0.05) is 13.0 Å². The number of rotatable bonds is 5. The monoisotopic (exact) mass is 471 g/mol. The minimum Gasteiger partial charge on any atom is -0.451 e. The van der Waals surface area contributed by atoms with Gasteiger partial charge in [0.05, 0.1) is 17.6 Å². The molecule has 2 amide bonds. The number of amides is 2. The van der Waals surface area contributed by atoms with Crippen molar-refractivity contribution in [1.82, 2.24) is 10.2 Å². The Morgan fingerprint density at radius 2 is 1.62 bits per heavy atom. The topological polar surface area (TPSA) is 120 Å². The van der Waals surface area contributed by atoms with Crippen LogP contribution in [0.4, 0.5) is 0 Å². The Morgan fingerprint density at radius 3 is 2.18 bits per heavy atom. The lowest BCUT2D eigenvalue weighted by molar-refractivity contribution is -0.169. The van der Waals surface area contributed by atoms with Crippen molar-refractivity contribution in [2.45, 2.75) is 108 Å². The number of aliphatic hydroxyl groups excluding tert-OH is 1. The van der Waals surface area contributed by atoms with Crippen LogP contribution < -0.4 is 5.32 Å². The largest absolute Gasteiger partial charge is 0.451 e. The molecule has 6 aliphatic rings. The molecule has 186 valence electrons. The Hall–Kier alpha value is -2.14. The SMILES string of the molecule is CC(OC(=O)[C@@H]1CC(O)CN1C(=O)C12CC3CC(CC(C3)C1)C2)C(=O)NC1(C#N)CCCCC1. The van der Waals surface area contributed by atoms with Crippen LogP contribution in [-0.2, 0) is 19.1 Å². The van der Waals surface area contributed by atoms with Crippen LogP contribution in [0.15, 0.2) is 0 Å². The molecule has 5 aliphatic carbocycles. The van der Waals surface area contributed by atoms with Crippen LogP contribution in [0.2, 0.25) is 0 Å². The highest BCUT2D eigenvalue weighted by Gasteiger charge is 2.57. The summed E-state index contributed by atoms with van der Waals surface area (Å²) < 4.78 is 5.51. The summed E-state index contributed by atoms with van der Waals surface area (Å²) in [4.78, 5) is 41.2. The number of nitriles is 1. The molecule has 1 aliphatic heterocycles. The van der Waals surface area contributed by atoms with Gasteiger partial charge in [-0.25, -0.2) is 4.79 Å². The van der Waals surface area contributed by atoms with Crippen molar-refractivity contribution in [1.29, 1.82) is 5.26 Å². The second-order valence-electron chi connectivity index (χ2n) is 11.9. The van der Waals surface area contributed by atoms with Gasteiger partial charge in [0.15, 0.2) is 6.10 Å². The van der Waals surface area contributed by atoms with Gasteiger partial charge in [-0.05, 0) is 76.0 Å². The van der Waals surface area contributed by atoms with E-state index >= 15 is 0 Å². The normalized spacial score (nSPS) is 38.7. The van der Waals surface area contributed by atoms with Crippen molar-refractivity contribution in [3.05, 3.63) is 0 Å². The third-order valence-corrected chi connectivity index (χ3v) is 9.25. The first-order valence-corrected chi connectivity index (χ1v) is 13.2. The van der Waals surface area contributed by atoms with E-state index in [4.69, 9.17) is 4.74 Å². The fourth-order valence-corrected chi connectivity index (χ4v) is 8.00. The third kappa shape index (κ3) is 4.21. The van der Waals surface area contributed by atoms with Crippen LogP contribution in [0, 0.1) is 34.5 Å². The molecule has 0 aromatic carbocycles. The van der Waals surface area contributed by atoms with Crippen LogP contribution in [-0.4, -0.2) is 58.1 Å². The number of likely N-dealkylation sites (tertiary alicyclic amines) is 1. The lowest BCUT2D eigenvalue weighted by Crippen LogP contribution is -2.57. The van der Waals surface area contributed by atoms with E-state index < -0.39 is 41.1 Å². The highest BCUT2D eigenvalue weighted by atomic mass is 16.5. The molecule has 0 spiro atoms. The molecule has 1 heterocycles. The van der Waals surface area contributed by atoms with Gasteiger partial charge in [0.1, 0.15) is 11.6 Å². The molecule has 8 nitrogen and oxygen atoms in total. The summed E-state index contributed by atoms with van der Waals surface area (Å²) in [7, 11) is 0. The molecule has 2 N–H and O–H groups in total. The number of hydrogen-bond acceptors (Lipinski definition) is 6. The first-order valence-electron chi connectivity index (χ1n) is 13.2. The standard InChI is InChI=1S/C26H37N3O5/c1-16(22(31)28-26(15-27)5-3-2-4-6-26)34-23(32)21-10-20(30)14-29(21)24(33)25-11-17-7-18(12-25)9-19(8-17)13-25/h16-21,30H,2-14H2,1H3,(H,28,31)/t16?,17?,18?,19?,20?,21-,25?/m0/s1. The van der Waals surface area contributed by atoms with Crippen LogP contribution in [0.5, 0.6) is 0 Å². The highest BCUT2D eigenvalue weighted by molar-refractivity contribution is 5.91. The molecule has 5 saturated carbocycles. The molecule has 0 aromatic heterocycles. The molecule has 8 heteroatoms. The predicted octanol–water partition coefficient (Wildman–Crippen LogP) is 2.44. The van der Waals surface area contributed by atoms with E-state index in [0.717, 1.165) is 38.5 Å². The number of aliphatic hydroxyl groups is 1. The minimum absolute atomic E-state index is 0.00663. The smallest absolute Gasteiger partial charge is 0.329 e. The average molecular weight is 472 g/mol. The first kappa shape index (κ1) is 23.6. The third-order valence-electron chi connectivity index (χ3n) is 9.25. The van der Waals surface area contributed by atoms with Crippen molar-refractivity contribution < 1.29 is 24.2 Å². The fraction of sp³-hybridized carbons (Fsp3) is 0.846. The molecule has 34 heavy (non-hydrogen) atoms. The summed E-state index contributed by atoms with van der Waals surface area (Å²) in [6.45, 7) is 1.64. The Bertz CT molecular complexity index is 854. The number of ether oxygens (including phenoxy) is 1. The van der Waals surface area contributed by atoms with Crippen LogP contribution in [0.3, 0.4) is 0 Å². The van der Waals surface area contributed by atoms with E-state index in [1.165, 1.54) is 26.2 Å². The highest BCUT2D eigenvalue weighted by Crippen LogP contribution is 2.60. The molecular formula is C26H37N3O5. The van der Waals surface area contributed by atoms with E-state index in [0.29, 0.717) is 30.6 Å². The zero-order valence-electron chi connectivity index (χ0n) is 20.1. The minimum atomic E-state index is -1.08. The second-order valence-corrected chi connectivity index (χ2v) is 11.9. The number of nitrogens with zero attached hydrogens (tertiary/aromatic N) is 2. The summed E-state index contributed by atoms with van der Waals surface area (Å²) in [6, 6.07) is 1.37. The molecular weight excluding hydrogens is 434 g/mol. The molecule has 6 rings (SSSR count). The van der Waals surface area contributed by atoms with E-state index in [-0.39, 0.29) is 18.9 Å². The van der Waals surface area contributed by atoms with E-state index in [9.17, 15) is 24.8 Å². The molecule has 2 unspecified atom stereocenters. The zero-order valence-corrected chi connectivity index (χ0v) is 20.1. The van der Waals surface area contributed by atoms with Crippen LogP contribution in [0.1, 0.15) is 84.0 Å². The zero-order chi connectivity index (χ0) is 24.1. The molecule has 0 radical (unpaired) electrons. The maximum absolute atomic E-state index is 13.8. The lowest BCUT2D eigenvalue weighted by Gasteiger charge is -2.56. The van der Waals surface area contributed by atoms with Crippen molar-refractivity contribution in [3.63, 3.8) is 0 Å². The van der Waals surface area contributed by atoms with Crippen LogP contribution in [0.25, 0.3) is 0 Å². The molecule has 1 saturated heterocycles. The van der Waals surface area contributed by atoms with E-state index in [2.05, 4.69) is 11.4 Å². The van der Waals surface area contributed by atoms with Gasteiger partial charge >= 0.3 is 5.97 Å². The average Bonchev–Trinajstić information content (AvgIpc) is 3.20. The molecule has 0 aromatic rings. The Morgan fingerprint density at radius 1 is 1.03 bits per heavy atom. The van der Waals surface area contributed by atoms with Gasteiger partial charge in [-0.3, -0.25) is 9.59 Å². The van der Waals surface area contributed by atoms with Gasteiger partial charge in [-0.1, -0.05) is 19.3 Å². The maximum Gasteiger partial charge on any atom is 0.329 e. The van der Waals surface area contributed by atoms with Gasteiger partial charge in [0.2, 0.25) is 5.91 Å². The van der Waals surface area contributed by atoms with Gasteiger partial charge in [-0.15, -0.1) is 0 Å². The number of carbonyl (C=O) groups is 3. The molecule has 4 bridgehead atoms. The Labute approximate surface area is 201 Å². The second kappa shape index (κ2) is 8.82. The van der Waals surface area contributed by atoms with Crippen molar-refractivity contribution in [2.24, 2.45) is 23.2 Å². The predicted molar refractivity (Wildman–Crippen MR) is 122 cm³/mol. The maximum atomic E-state index is 13.8. The number of carbonyl (C=O) groups excluding carboxylic acids is 3. The lowest BCUT2D eigenvalue weighted by atomic mass is 9.49. The van der Waals surface area contributed by atoms with Gasteiger partial charge < -0.3 is 20.1 Å². The summed E-state index contributed by atoms with van der Waals surface area (Å²) in [5, 5.41) is 22.8. The molecule has 6 fully saturated rings. The number of esters is 1. The summed E-state index contributed by atoms with van der Waals surface area (Å²) in [5.41, 5.74) is -1.31. The van der Waals surface area contributed by atoms with Crippen molar-refractivity contribution >= 4 is 17.8 Å². The molecule has 3 atom stereocenters. The number of β-amino-alcohol motifs (C(OH)–C–C–N with tert-alkyl or cyclic N) is 1. The summed E-state index contributed by atoms with van der Waals surface area (Å²) in [5.74, 6) is 0.659. The fourth-order valence-electron chi connectivity index (χ4n) is 8.00. The van der Waals surface area contributed by atoms with Gasteiger partial charge in [0.25, 0.3) is 5.91 Å². The summed E-state index contributed by atoms with van der Waals surface area (Å²) in [6.07, 6.45) is 8.60. The Kier molecular flexibility index (Phi) is 6.12. The first-order chi connectivity index (χ1) is 16.2. The number of nitrogens with one attached hydrogen (secondary N) is 1. The Balaban J connectivity index is 1.24. The van der Waals surface area contributed by atoms with Crippen molar-refractivity contribution in [3.8, 4) is 6.07 Å². The van der Waals surface area contributed by atoms with E-state index in [1.807, 2.05) is 0 Å². The van der Waals surface area contributed by atoms with E-state index in [1.54, 1.807) is 4.90 Å². The van der Waals surface area contributed by atoms with Crippen LogP contribution >= 0.6 is 0 Å². The summed E-state index contributed by atoms with van der Waals surface area (Å²) >= 11 is 0. The number of hydrogen-bond donors (Lipinski definition) is 2. The quantitative estimate of drug-likeness (QED) is 0.595. The van der Waals surface area contributed by atoms with Gasteiger partial charge in [-0.2, -0.15) is 5.26 Å².